The Morgan fingerprint density at radius 3 is 2.61 bits per heavy atom. The molecule has 122 valence electrons. The van der Waals surface area contributed by atoms with Crippen LogP contribution in [-0.2, 0) is 19.3 Å². The Kier molecular flexibility index (Phi) is 5.00. The van der Waals surface area contributed by atoms with Crippen LogP contribution in [0.5, 0.6) is 0 Å². The lowest BCUT2D eigenvalue weighted by Gasteiger charge is -2.18. The van der Waals surface area contributed by atoms with E-state index in [0.29, 0.717) is 11.3 Å². The summed E-state index contributed by atoms with van der Waals surface area (Å²) in [5, 5.41) is 9.11. The number of benzene rings is 1. The van der Waals surface area contributed by atoms with Gasteiger partial charge >= 0.3 is 12.1 Å². The monoisotopic (exact) mass is 324 g/mol. The van der Waals surface area contributed by atoms with Crippen LogP contribution >= 0.6 is 0 Å². The molecule has 0 spiro atoms. The topological polar surface area (TPSA) is 53.4 Å². The predicted molar refractivity (Wildman–Crippen MR) is 77.8 cm³/mol. The van der Waals surface area contributed by atoms with Crippen LogP contribution in [0.1, 0.15) is 27.2 Å². The molecule has 2 aromatic rings. The van der Waals surface area contributed by atoms with Crippen LogP contribution < -0.4 is 0 Å². The first-order chi connectivity index (χ1) is 10.8. The Morgan fingerprint density at radius 2 is 1.96 bits per heavy atom. The van der Waals surface area contributed by atoms with E-state index in [1.54, 1.807) is 18.0 Å². The van der Waals surface area contributed by atoms with E-state index in [1.807, 2.05) is 0 Å². The van der Waals surface area contributed by atoms with Gasteiger partial charge < -0.3 is 5.11 Å². The Bertz CT molecular complexity index is 702. The number of carbonyl (C=O) groups is 1. The fraction of sp³-hybridized carbons (Fsp3) is 0.250. The summed E-state index contributed by atoms with van der Waals surface area (Å²) < 4.78 is 38.1. The molecule has 1 N–H and O–H groups in total. The Morgan fingerprint density at radius 1 is 1.22 bits per heavy atom. The molecule has 23 heavy (non-hydrogen) atoms. The van der Waals surface area contributed by atoms with Crippen LogP contribution in [-0.4, -0.2) is 28.0 Å². The number of rotatable bonds is 5. The van der Waals surface area contributed by atoms with Crippen molar-refractivity contribution >= 4 is 5.97 Å². The summed E-state index contributed by atoms with van der Waals surface area (Å²) in [6.07, 6.45) is -2.90. The van der Waals surface area contributed by atoms with Crippen LogP contribution in [0.3, 0.4) is 0 Å². The van der Waals surface area contributed by atoms with Crippen molar-refractivity contribution in [2.75, 3.05) is 7.05 Å². The molecular weight excluding hydrogens is 309 g/mol. The first-order valence-electron chi connectivity index (χ1n) is 6.79. The van der Waals surface area contributed by atoms with Gasteiger partial charge in [-0.05, 0) is 30.8 Å². The van der Waals surface area contributed by atoms with Crippen LogP contribution in [0.15, 0.2) is 42.6 Å². The Balaban J connectivity index is 2.12. The molecule has 0 atom stereocenters. The smallest absolute Gasteiger partial charge is 0.416 e. The van der Waals surface area contributed by atoms with Crippen LogP contribution in [0, 0.1) is 0 Å². The summed E-state index contributed by atoms with van der Waals surface area (Å²) in [6.45, 7) is 0.471. The van der Waals surface area contributed by atoms with Gasteiger partial charge in [0, 0.05) is 19.3 Å². The van der Waals surface area contributed by atoms with Crippen molar-refractivity contribution < 1.29 is 23.1 Å². The number of halogens is 3. The molecule has 0 radical (unpaired) electrons. The number of pyridine rings is 1. The summed E-state index contributed by atoms with van der Waals surface area (Å²) in [4.78, 5) is 16.9. The number of carboxylic acids is 1. The normalized spacial score (nSPS) is 11.7. The fourth-order valence-electron chi connectivity index (χ4n) is 2.23. The van der Waals surface area contributed by atoms with Crippen LogP contribution in [0.4, 0.5) is 13.2 Å². The van der Waals surface area contributed by atoms with E-state index < -0.39 is 17.7 Å². The van der Waals surface area contributed by atoms with Gasteiger partial charge in [0.2, 0.25) is 0 Å². The second-order valence-electron chi connectivity index (χ2n) is 5.17. The van der Waals surface area contributed by atoms with Crippen molar-refractivity contribution in [2.24, 2.45) is 0 Å². The lowest BCUT2D eigenvalue weighted by molar-refractivity contribution is -0.137. The number of aromatic nitrogens is 1. The third-order valence-corrected chi connectivity index (χ3v) is 3.25. The molecule has 0 bridgehead atoms. The first-order valence-corrected chi connectivity index (χ1v) is 6.79. The van der Waals surface area contributed by atoms with E-state index in [9.17, 15) is 18.0 Å². The average Bonchev–Trinajstić information content (AvgIpc) is 2.46. The molecule has 0 unspecified atom stereocenters. The van der Waals surface area contributed by atoms with Crippen molar-refractivity contribution in [1.29, 1.82) is 0 Å². The summed E-state index contributed by atoms with van der Waals surface area (Å²) in [6, 6.07) is 8.04. The molecular formula is C16H15F3N2O2. The van der Waals surface area contributed by atoms with E-state index in [2.05, 4.69) is 4.98 Å². The first kappa shape index (κ1) is 17.0. The number of hydrogen-bond donors (Lipinski definition) is 1. The van der Waals surface area contributed by atoms with Gasteiger partial charge in [0.05, 0.1) is 16.8 Å². The molecule has 0 saturated carbocycles. The number of hydrogen-bond acceptors (Lipinski definition) is 3. The van der Waals surface area contributed by atoms with Gasteiger partial charge in [-0.2, -0.15) is 13.2 Å². The quantitative estimate of drug-likeness (QED) is 0.915. The predicted octanol–water partition coefficient (Wildman–Crippen LogP) is 3.43. The zero-order valence-corrected chi connectivity index (χ0v) is 12.3. The van der Waals surface area contributed by atoms with E-state index >= 15 is 0 Å². The van der Waals surface area contributed by atoms with Crippen molar-refractivity contribution in [2.45, 2.75) is 19.3 Å². The Hall–Kier alpha value is -2.41. The number of aromatic carboxylic acids is 1. The molecule has 0 fully saturated rings. The molecule has 0 aliphatic heterocycles. The molecule has 0 amide bonds. The number of alkyl halides is 3. The summed E-state index contributed by atoms with van der Waals surface area (Å²) >= 11 is 0. The number of carboxylic acid groups (broad SMARTS) is 1. The molecule has 0 aliphatic rings. The second kappa shape index (κ2) is 6.78. The zero-order valence-electron chi connectivity index (χ0n) is 12.3. The molecule has 1 aromatic carbocycles. The lowest BCUT2D eigenvalue weighted by atomic mass is 10.1. The highest BCUT2D eigenvalue weighted by molar-refractivity contribution is 5.88. The second-order valence-corrected chi connectivity index (χ2v) is 5.17. The highest BCUT2D eigenvalue weighted by atomic mass is 19.4. The zero-order chi connectivity index (χ0) is 17.0. The minimum atomic E-state index is -4.38. The third kappa shape index (κ3) is 4.53. The summed E-state index contributed by atoms with van der Waals surface area (Å²) in [5.74, 6) is -1.08. The maximum Gasteiger partial charge on any atom is 0.416 e. The molecule has 0 saturated heterocycles. The van der Waals surface area contributed by atoms with E-state index in [-0.39, 0.29) is 18.7 Å². The fourth-order valence-corrected chi connectivity index (χ4v) is 2.23. The van der Waals surface area contributed by atoms with Crippen molar-refractivity contribution in [3.05, 3.63) is 65.0 Å². The number of nitrogens with zero attached hydrogens (tertiary/aromatic N) is 2. The molecule has 0 aliphatic carbocycles. The molecule has 2 rings (SSSR count). The van der Waals surface area contributed by atoms with Crippen molar-refractivity contribution in [3.63, 3.8) is 0 Å². The highest BCUT2D eigenvalue weighted by Crippen LogP contribution is 2.29. The van der Waals surface area contributed by atoms with E-state index in [1.165, 1.54) is 24.4 Å². The Labute approximate surface area is 131 Å². The largest absolute Gasteiger partial charge is 0.478 e. The van der Waals surface area contributed by atoms with Crippen LogP contribution in [0.2, 0.25) is 0 Å². The minimum Gasteiger partial charge on any atom is -0.478 e. The minimum absolute atomic E-state index is 0.0865. The maximum absolute atomic E-state index is 12.7. The highest BCUT2D eigenvalue weighted by Gasteiger charge is 2.30. The van der Waals surface area contributed by atoms with Gasteiger partial charge in [0.1, 0.15) is 0 Å². The van der Waals surface area contributed by atoms with Crippen molar-refractivity contribution in [1.82, 2.24) is 9.88 Å². The van der Waals surface area contributed by atoms with Gasteiger partial charge in [-0.25, -0.2) is 4.79 Å². The van der Waals surface area contributed by atoms with Crippen LogP contribution in [0.25, 0.3) is 0 Å². The molecule has 4 nitrogen and oxygen atoms in total. The maximum atomic E-state index is 12.7. The van der Waals surface area contributed by atoms with E-state index in [0.717, 1.165) is 12.1 Å². The average molecular weight is 324 g/mol. The van der Waals surface area contributed by atoms with Gasteiger partial charge in [0.25, 0.3) is 0 Å². The van der Waals surface area contributed by atoms with Gasteiger partial charge in [-0.3, -0.25) is 9.88 Å². The molecule has 1 heterocycles. The summed E-state index contributed by atoms with van der Waals surface area (Å²) in [7, 11) is 1.70. The van der Waals surface area contributed by atoms with Gasteiger partial charge in [0.15, 0.2) is 0 Å². The summed E-state index contributed by atoms with van der Waals surface area (Å²) in [5.41, 5.74) is 0.250. The van der Waals surface area contributed by atoms with Gasteiger partial charge in [-0.15, -0.1) is 0 Å². The molecule has 1 aromatic heterocycles. The molecule has 7 heteroatoms. The van der Waals surface area contributed by atoms with Gasteiger partial charge in [-0.1, -0.05) is 18.2 Å². The van der Waals surface area contributed by atoms with Crippen molar-refractivity contribution in [3.8, 4) is 0 Å². The van der Waals surface area contributed by atoms with E-state index in [4.69, 9.17) is 5.11 Å². The third-order valence-electron chi connectivity index (χ3n) is 3.25. The SMILES string of the molecule is CN(Cc1cccc(C(F)(F)F)c1)Cc1ncccc1C(=O)O. The standard InChI is InChI=1S/C16H15F3N2O2/c1-21(10-14-13(15(22)23)6-3-7-20-14)9-11-4-2-5-12(8-11)16(17,18)19/h2-8H,9-10H2,1H3,(H,22,23). The lowest BCUT2D eigenvalue weighted by Crippen LogP contribution is -2.20.